The lowest BCUT2D eigenvalue weighted by Crippen LogP contribution is -2.06. The van der Waals surface area contributed by atoms with Crippen LogP contribution < -0.4 is 5.32 Å². The fourth-order valence-corrected chi connectivity index (χ4v) is 1.98. The van der Waals surface area contributed by atoms with Gasteiger partial charge in [0.1, 0.15) is 17.8 Å². The van der Waals surface area contributed by atoms with E-state index in [4.69, 9.17) is 4.74 Å². The average Bonchev–Trinajstić information content (AvgIpc) is 2.96. The van der Waals surface area contributed by atoms with Crippen molar-refractivity contribution in [3.8, 4) is 0 Å². The van der Waals surface area contributed by atoms with Crippen LogP contribution in [0.4, 0.5) is 11.5 Å². The molecule has 2 heterocycles. The van der Waals surface area contributed by atoms with Crippen molar-refractivity contribution in [1.29, 1.82) is 0 Å². The third-order valence-corrected chi connectivity index (χ3v) is 2.94. The number of nitrogens with zero attached hydrogens (tertiary/aromatic N) is 2. The van der Waals surface area contributed by atoms with Gasteiger partial charge in [0.05, 0.1) is 23.7 Å². The minimum absolute atomic E-state index is 0.396. The normalized spacial score (nSPS) is 10.4. The van der Waals surface area contributed by atoms with Gasteiger partial charge in [-0.25, -0.2) is 14.8 Å². The number of carbonyl (C=O) groups is 1. The van der Waals surface area contributed by atoms with E-state index in [0.29, 0.717) is 17.1 Å². The number of hydrogen-bond donors (Lipinski definition) is 2. The van der Waals surface area contributed by atoms with Gasteiger partial charge in [-0.15, -0.1) is 0 Å². The minimum atomic E-state index is -0.396. The lowest BCUT2D eigenvalue weighted by molar-refractivity contribution is 0.0602. The number of esters is 1. The highest BCUT2D eigenvalue weighted by Gasteiger charge is 2.12. The molecule has 1 aromatic carbocycles. The standard InChI is InChI=1S/C14H12N4O2/c1-20-14(19)9-4-2-3-5-11(9)18-13-10-6-7-15-12(10)16-8-17-13/h2-8H,1H3,(H2,15,16,17,18). The molecule has 6 nitrogen and oxygen atoms in total. The van der Waals surface area contributed by atoms with Crippen molar-refractivity contribution in [2.24, 2.45) is 0 Å². The summed E-state index contributed by atoms with van der Waals surface area (Å²) in [5.74, 6) is 0.236. The van der Waals surface area contributed by atoms with Crippen LogP contribution in [0.5, 0.6) is 0 Å². The van der Waals surface area contributed by atoms with Gasteiger partial charge in [0, 0.05) is 6.20 Å². The summed E-state index contributed by atoms with van der Waals surface area (Å²) in [5, 5.41) is 4.00. The number of aromatic nitrogens is 3. The number of hydrogen-bond acceptors (Lipinski definition) is 5. The summed E-state index contributed by atoms with van der Waals surface area (Å²) in [4.78, 5) is 23.1. The molecule has 0 bridgehead atoms. The van der Waals surface area contributed by atoms with Crippen molar-refractivity contribution in [2.45, 2.75) is 0 Å². The molecular formula is C14H12N4O2. The monoisotopic (exact) mass is 268 g/mol. The molecule has 6 heteroatoms. The summed E-state index contributed by atoms with van der Waals surface area (Å²) in [6.07, 6.45) is 3.25. The van der Waals surface area contributed by atoms with Crippen molar-refractivity contribution in [3.63, 3.8) is 0 Å². The maximum absolute atomic E-state index is 11.7. The molecule has 0 saturated carbocycles. The second-order valence-electron chi connectivity index (χ2n) is 4.12. The smallest absolute Gasteiger partial charge is 0.339 e. The molecular weight excluding hydrogens is 256 g/mol. The summed E-state index contributed by atoms with van der Waals surface area (Å²) < 4.78 is 4.77. The van der Waals surface area contributed by atoms with Crippen LogP contribution in [0.1, 0.15) is 10.4 Å². The molecule has 0 amide bonds. The number of methoxy groups -OCH3 is 1. The number of ether oxygens (including phenoxy) is 1. The van der Waals surface area contributed by atoms with E-state index in [9.17, 15) is 4.79 Å². The first kappa shape index (κ1) is 12.2. The molecule has 20 heavy (non-hydrogen) atoms. The quantitative estimate of drug-likeness (QED) is 0.713. The van der Waals surface area contributed by atoms with Crippen LogP contribution in [0.2, 0.25) is 0 Å². The number of carbonyl (C=O) groups excluding carboxylic acids is 1. The Hall–Kier alpha value is -2.89. The van der Waals surface area contributed by atoms with Crippen molar-refractivity contribution >= 4 is 28.5 Å². The number of para-hydroxylation sites is 1. The van der Waals surface area contributed by atoms with Crippen molar-refractivity contribution < 1.29 is 9.53 Å². The molecule has 0 aliphatic rings. The highest BCUT2D eigenvalue weighted by molar-refractivity contribution is 5.98. The number of aromatic amines is 1. The predicted molar refractivity (Wildman–Crippen MR) is 75.0 cm³/mol. The van der Waals surface area contributed by atoms with Gasteiger partial charge in [-0.3, -0.25) is 0 Å². The zero-order chi connectivity index (χ0) is 13.9. The summed E-state index contributed by atoms with van der Waals surface area (Å²) >= 11 is 0. The SMILES string of the molecule is COC(=O)c1ccccc1Nc1ncnc2[nH]ccc12. The van der Waals surface area contributed by atoms with Crippen LogP contribution in [-0.2, 0) is 4.74 Å². The molecule has 0 aliphatic carbocycles. The zero-order valence-corrected chi connectivity index (χ0v) is 10.8. The van der Waals surface area contributed by atoms with E-state index in [1.807, 2.05) is 12.1 Å². The Morgan fingerprint density at radius 3 is 2.95 bits per heavy atom. The van der Waals surface area contributed by atoms with Gasteiger partial charge in [-0.2, -0.15) is 0 Å². The maximum atomic E-state index is 11.7. The highest BCUT2D eigenvalue weighted by atomic mass is 16.5. The number of rotatable bonds is 3. The number of H-pyrrole nitrogens is 1. The van der Waals surface area contributed by atoms with Crippen molar-refractivity contribution in [3.05, 3.63) is 48.4 Å². The second kappa shape index (κ2) is 5.00. The molecule has 0 atom stereocenters. The largest absolute Gasteiger partial charge is 0.465 e. The second-order valence-corrected chi connectivity index (χ2v) is 4.12. The van der Waals surface area contributed by atoms with E-state index in [0.717, 1.165) is 11.0 Å². The fourth-order valence-electron chi connectivity index (χ4n) is 1.98. The van der Waals surface area contributed by atoms with E-state index in [1.54, 1.807) is 24.4 Å². The summed E-state index contributed by atoms with van der Waals surface area (Å²) in [6.45, 7) is 0. The van der Waals surface area contributed by atoms with Crippen LogP contribution in [0, 0.1) is 0 Å². The van der Waals surface area contributed by atoms with Crippen molar-refractivity contribution in [1.82, 2.24) is 15.0 Å². The highest BCUT2D eigenvalue weighted by Crippen LogP contribution is 2.24. The summed E-state index contributed by atoms with van der Waals surface area (Å²) in [5.41, 5.74) is 1.83. The van der Waals surface area contributed by atoms with E-state index in [2.05, 4.69) is 20.3 Å². The molecule has 0 saturated heterocycles. The topological polar surface area (TPSA) is 79.9 Å². The molecule has 3 rings (SSSR count). The summed E-state index contributed by atoms with van der Waals surface area (Å²) in [7, 11) is 1.36. The molecule has 3 aromatic rings. The number of anilines is 2. The van der Waals surface area contributed by atoms with Crippen LogP contribution in [0.25, 0.3) is 11.0 Å². The molecule has 0 unspecified atom stereocenters. The first-order valence-corrected chi connectivity index (χ1v) is 6.02. The Kier molecular flexibility index (Phi) is 3.04. The van der Waals surface area contributed by atoms with Crippen LogP contribution in [-0.4, -0.2) is 28.0 Å². The molecule has 0 radical (unpaired) electrons. The Morgan fingerprint density at radius 1 is 1.25 bits per heavy atom. The lowest BCUT2D eigenvalue weighted by Gasteiger charge is -2.10. The molecule has 2 aromatic heterocycles. The van der Waals surface area contributed by atoms with E-state index < -0.39 is 5.97 Å². The van der Waals surface area contributed by atoms with Gasteiger partial charge < -0.3 is 15.0 Å². The van der Waals surface area contributed by atoms with E-state index in [1.165, 1.54) is 13.4 Å². The number of benzene rings is 1. The average molecular weight is 268 g/mol. The first-order chi connectivity index (χ1) is 9.79. The molecule has 0 aliphatic heterocycles. The molecule has 100 valence electrons. The Morgan fingerprint density at radius 2 is 2.10 bits per heavy atom. The third-order valence-electron chi connectivity index (χ3n) is 2.94. The first-order valence-electron chi connectivity index (χ1n) is 6.02. The van der Waals surface area contributed by atoms with Gasteiger partial charge in [-0.1, -0.05) is 12.1 Å². The zero-order valence-electron chi connectivity index (χ0n) is 10.8. The van der Waals surface area contributed by atoms with Crippen molar-refractivity contribution in [2.75, 3.05) is 12.4 Å². The van der Waals surface area contributed by atoms with Gasteiger partial charge in [-0.05, 0) is 18.2 Å². The molecule has 2 N–H and O–H groups in total. The van der Waals surface area contributed by atoms with Crippen LogP contribution >= 0.6 is 0 Å². The fraction of sp³-hybridized carbons (Fsp3) is 0.0714. The predicted octanol–water partition coefficient (Wildman–Crippen LogP) is 2.49. The van der Waals surface area contributed by atoms with E-state index >= 15 is 0 Å². The Bertz CT molecular complexity index is 766. The number of nitrogens with one attached hydrogen (secondary N) is 2. The van der Waals surface area contributed by atoms with Gasteiger partial charge in [0.15, 0.2) is 0 Å². The van der Waals surface area contributed by atoms with Gasteiger partial charge >= 0.3 is 5.97 Å². The maximum Gasteiger partial charge on any atom is 0.339 e. The number of fused-ring (bicyclic) bond motifs is 1. The Balaban J connectivity index is 2.03. The summed E-state index contributed by atoms with van der Waals surface area (Å²) in [6, 6.07) is 8.99. The van der Waals surface area contributed by atoms with E-state index in [-0.39, 0.29) is 0 Å². The lowest BCUT2D eigenvalue weighted by atomic mass is 10.2. The van der Waals surface area contributed by atoms with Crippen LogP contribution in [0.3, 0.4) is 0 Å². The van der Waals surface area contributed by atoms with Gasteiger partial charge in [0.2, 0.25) is 0 Å². The molecule has 0 spiro atoms. The van der Waals surface area contributed by atoms with Gasteiger partial charge in [0.25, 0.3) is 0 Å². The third kappa shape index (κ3) is 2.07. The Labute approximate surface area is 114 Å². The minimum Gasteiger partial charge on any atom is -0.465 e. The molecule has 0 fully saturated rings. The van der Waals surface area contributed by atoms with Crippen LogP contribution in [0.15, 0.2) is 42.9 Å².